The van der Waals surface area contributed by atoms with Crippen LogP contribution in [0.5, 0.6) is 0 Å². The van der Waals surface area contributed by atoms with E-state index in [9.17, 15) is 14.4 Å². The predicted molar refractivity (Wildman–Crippen MR) is 100 cm³/mol. The predicted octanol–water partition coefficient (Wildman–Crippen LogP) is 3.40. The van der Waals surface area contributed by atoms with E-state index >= 15 is 0 Å². The van der Waals surface area contributed by atoms with E-state index in [-0.39, 0.29) is 24.3 Å². The van der Waals surface area contributed by atoms with Crippen LogP contribution in [-0.4, -0.2) is 30.8 Å². The van der Waals surface area contributed by atoms with E-state index in [0.717, 1.165) is 19.3 Å². The molecule has 0 atom stereocenters. The van der Waals surface area contributed by atoms with Gasteiger partial charge in [-0.15, -0.1) is 0 Å². The van der Waals surface area contributed by atoms with E-state index in [1.165, 1.54) is 19.3 Å². The molecular weight excluding hydrogens is 366 g/mol. The van der Waals surface area contributed by atoms with Crippen LogP contribution in [0.2, 0.25) is 5.02 Å². The maximum atomic E-state index is 12.8. The normalized spacial score (nSPS) is 30.8. The summed E-state index contributed by atoms with van der Waals surface area (Å²) in [6, 6.07) is 6.62. The number of esters is 1. The Morgan fingerprint density at radius 3 is 2.22 bits per heavy atom. The zero-order chi connectivity index (χ0) is 19.0. The van der Waals surface area contributed by atoms with E-state index in [4.69, 9.17) is 16.3 Å². The number of nitrogens with one attached hydrogen (secondary N) is 1. The fraction of sp³-hybridized carbons (Fsp3) is 0.571. The Kier molecular flexibility index (Phi) is 4.97. The third-order valence-electron chi connectivity index (χ3n) is 6.51. The van der Waals surface area contributed by atoms with Crippen LogP contribution in [-0.2, 0) is 14.3 Å². The molecule has 0 aromatic heterocycles. The van der Waals surface area contributed by atoms with Gasteiger partial charge in [-0.2, -0.15) is 0 Å². The maximum Gasteiger partial charge on any atom is 0.325 e. The summed E-state index contributed by atoms with van der Waals surface area (Å²) in [6.07, 6.45) is 6.66. The average Bonchev–Trinajstić information content (AvgIpc) is 2.63. The number of rotatable bonds is 6. The summed E-state index contributed by atoms with van der Waals surface area (Å²) in [4.78, 5) is 36.9. The second-order valence-electron chi connectivity index (χ2n) is 8.44. The van der Waals surface area contributed by atoms with E-state index < -0.39 is 11.9 Å². The van der Waals surface area contributed by atoms with Crippen LogP contribution in [0.3, 0.4) is 0 Å². The Labute approximate surface area is 163 Å². The van der Waals surface area contributed by atoms with Crippen LogP contribution in [0.25, 0.3) is 0 Å². The van der Waals surface area contributed by atoms with Crippen LogP contribution in [0.15, 0.2) is 24.3 Å². The molecule has 0 unspecified atom stereocenters. The lowest BCUT2D eigenvalue weighted by atomic mass is 9.48. The highest BCUT2D eigenvalue weighted by molar-refractivity contribution is 6.33. The number of halogens is 1. The van der Waals surface area contributed by atoms with Crippen molar-refractivity contribution in [1.82, 2.24) is 5.32 Å². The first-order valence-electron chi connectivity index (χ1n) is 9.67. The monoisotopic (exact) mass is 389 g/mol. The molecule has 4 saturated carbocycles. The van der Waals surface area contributed by atoms with E-state index in [1.54, 1.807) is 24.3 Å². The summed E-state index contributed by atoms with van der Waals surface area (Å²) in [5.41, 5.74) is 0.0344. The number of benzene rings is 1. The van der Waals surface area contributed by atoms with Crippen molar-refractivity contribution in [3.8, 4) is 0 Å². The molecule has 1 N–H and O–H groups in total. The molecule has 27 heavy (non-hydrogen) atoms. The summed E-state index contributed by atoms with van der Waals surface area (Å²) in [6.45, 7) is -0.467. The fourth-order valence-corrected chi connectivity index (χ4v) is 5.92. The van der Waals surface area contributed by atoms with Gasteiger partial charge in [-0.05, 0) is 68.4 Å². The quantitative estimate of drug-likeness (QED) is 0.757. The number of hydrogen-bond acceptors (Lipinski definition) is 4. The standard InChI is InChI=1S/C21H24ClNO4/c22-17-4-2-1-3-16(17)20(26)23-11-19(25)27-12-18(24)21-8-13-5-14(9-21)7-15(6-13)10-21/h1-4,13-15H,5-12H2,(H,23,26). The minimum atomic E-state index is -0.603. The molecule has 4 fully saturated rings. The number of carbonyl (C=O) groups is 3. The van der Waals surface area contributed by atoms with E-state index in [1.807, 2.05) is 0 Å². The zero-order valence-corrected chi connectivity index (χ0v) is 16.0. The van der Waals surface area contributed by atoms with E-state index in [2.05, 4.69) is 5.32 Å². The number of carbonyl (C=O) groups excluding carboxylic acids is 3. The number of hydrogen-bond donors (Lipinski definition) is 1. The van der Waals surface area contributed by atoms with Gasteiger partial charge in [0.15, 0.2) is 12.4 Å². The highest BCUT2D eigenvalue weighted by Crippen LogP contribution is 2.60. The van der Waals surface area contributed by atoms with Crippen LogP contribution in [0.1, 0.15) is 48.9 Å². The minimum Gasteiger partial charge on any atom is -0.456 e. The third-order valence-corrected chi connectivity index (χ3v) is 6.84. The van der Waals surface area contributed by atoms with Gasteiger partial charge in [0.25, 0.3) is 5.91 Å². The van der Waals surface area contributed by atoms with Crippen molar-refractivity contribution >= 4 is 29.3 Å². The second-order valence-corrected chi connectivity index (χ2v) is 8.85. The number of Topliss-reactive ketones (excluding diaryl/α,β-unsaturated/α-hetero) is 1. The molecule has 0 spiro atoms. The van der Waals surface area contributed by atoms with Crippen molar-refractivity contribution in [1.29, 1.82) is 0 Å². The first-order chi connectivity index (χ1) is 12.9. The molecule has 4 aliphatic rings. The zero-order valence-electron chi connectivity index (χ0n) is 15.2. The van der Waals surface area contributed by atoms with Gasteiger partial charge in [-0.25, -0.2) is 0 Å². The molecule has 1 aromatic carbocycles. The molecule has 144 valence electrons. The molecule has 4 aliphatic carbocycles. The molecule has 1 amide bonds. The molecule has 1 aromatic rings. The lowest BCUT2D eigenvalue weighted by Gasteiger charge is -2.55. The van der Waals surface area contributed by atoms with Gasteiger partial charge in [0.2, 0.25) is 0 Å². The Morgan fingerprint density at radius 1 is 1.04 bits per heavy atom. The average molecular weight is 390 g/mol. The Bertz CT molecular complexity index is 740. The van der Waals surface area contributed by atoms with Gasteiger partial charge in [0, 0.05) is 5.41 Å². The van der Waals surface area contributed by atoms with Gasteiger partial charge in [-0.3, -0.25) is 14.4 Å². The van der Waals surface area contributed by atoms with E-state index in [0.29, 0.717) is 28.3 Å². The minimum absolute atomic E-state index is 0.0624. The number of ether oxygens (including phenoxy) is 1. The van der Waals surface area contributed by atoms with Crippen molar-refractivity contribution in [3.05, 3.63) is 34.9 Å². The Morgan fingerprint density at radius 2 is 1.63 bits per heavy atom. The maximum absolute atomic E-state index is 12.8. The topological polar surface area (TPSA) is 72.5 Å². The molecule has 0 saturated heterocycles. The van der Waals surface area contributed by atoms with Gasteiger partial charge in [0.05, 0.1) is 10.6 Å². The third kappa shape index (κ3) is 3.75. The summed E-state index contributed by atoms with van der Waals surface area (Å²) in [7, 11) is 0. The first kappa shape index (κ1) is 18.5. The molecule has 0 radical (unpaired) electrons. The number of ketones is 1. The lowest BCUT2D eigenvalue weighted by molar-refractivity contribution is -0.157. The van der Waals surface area contributed by atoms with Gasteiger partial charge >= 0.3 is 5.97 Å². The summed E-state index contributed by atoms with van der Waals surface area (Å²) < 4.78 is 5.17. The van der Waals surface area contributed by atoms with Gasteiger partial charge in [0.1, 0.15) is 6.54 Å². The molecule has 6 heteroatoms. The van der Waals surface area contributed by atoms with Crippen LogP contribution in [0.4, 0.5) is 0 Å². The molecule has 0 heterocycles. The molecule has 0 aliphatic heterocycles. The molecular formula is C21H24ClNO4. The summed E-state index contributed by atoms with van der Waals surface area (Å²) in [5, 5.41) is 2.81. The Hall–Kier alpha value is -1.88. The fourth-order valence-electron chi connectivity index (χ4n) is 5.70. The Balaban J connectivity index is 1.27. The molecule has 5 rings (SSSR count). The molecule has 4 bridgehead atoms. The first-order valence-corrected chi connectivity index (χ1v) is 10.0. The van der Waals surface area contributed by atoms with Crippen molar-refractivity contribution in [3.63, 3.8) is 0 Å². The van der Waals surface area contributed by atoms with Crippen LogP contribution in [0, 0.1) is 23.2 Å². The summed E-state index contributed by atoms with van der Waals surface area (Å²) >= 11 is 5.97. The lowest BCUT2D eigenvalue weighted by Crippen LogP contribution is -2.51. The number of amides is 1. The van der Waals surface area contributed by atoms with Crippen LogP contribution >= 0.6 is 11.6 Å². The van der Waals surface area contributed by atoms with Gasteiger partial charge in [-0.1, -0.05) is 23.7 Å². The smallest absolute Gasteiger partial charge is 0.325 e. The van der Waals surface area contributed by atoms with Crippen molar-refractivity contribution in [2.45, 2.75) is 38.5 Å². The van der Waals surface area contributed by atoms with Crippen LogP contribution < -0.4 is 5.32 Å². The molecule has 5 nitrogen and oxygen atoms in total. The SMILES string of the molecule is O=C(CNC(=O)c1ccccc1Cl)OCC(=O)C12CC3CC(CC(C3)C1)C2. The highest BCUT2D eigenvalue weighted by atomic mass is 35.5. The second kappa shape index (κ2) is 7.27. The van der Waals surface area contributed by atoms with Gasteiger partial charge < -0.3 is 10.1 Å². The van der Waals surface area contributed by atoms with Crippen molar-refractivity contribution in [2.75, 3.05) is 13.2 Å². The van der Waals surface area contributed by atoms with Crippen molar-refractivity contribution < 1.29 is 19.1 Å². The largest absolute Gasteiger partial charge is 0.456 e. The summed E-state index contributed by atoms with van der Waals surface area (Å²) in [5.74, 6) is 1.04. The highest BCUT2D eigenvalue weighted by Gasteiger charge is 2.54. The van der Waals surface area contributed by atoms with Crippen molar-refractivity contribution in [2.24, 2.45) is 23.2 Å².